The molecule has 0 radical (unpaired) electrons. The molecule has 0 aliphatic carbocycles. The fourth-order valence-corrected chi connectivity index (χ4v) is 3.71. The minimum absolute atomic E-state index is 0.0374. The summed E-state index contributed by atoms with van der Waals surface area (Å²) in [4.78, 5) is 17.0. The first-order valence-electron chi connectivity index (χ1n) is 8.56. The van der Waals surface area contributed by atoms with Crippen LogP contribution in [-0.4, -0.2) is 41.9 Å². The Hall–Kier alpha value is -1.72. The summed E-state index contributed by atoms with van der Waals surface area (Å²) in [6.07, 6.45) is 0.941. The van der Waals surface area contributed by atoms with E-state index in [1.807, 2.05) is 4.90 Å². The molecule has 1 heterocycles. The number of aryl methyl sites for hydroxylation is 1. The molecule has 2 aromatic carbocycles. The van der Waals surface area contributed by atoms with Crippen LogP contribution < -0.4 is 0 Å². The van der Waals surface area contributed by atoms with Crippen molar-refractivity contribution in [2.75, 3.05) is 26.2 Å². The van der Waals surface area contributed by atoms with E-state index in [2.05, 4.69) is 52.0 Å². The summed E-state index contributed by atoms with van der Waals surface area (Å²) in [5.41, 5.74) is 3.16. The van der Waals surface area contributed by atoms with E-state index < -0.39 is 0 Å². The van der Waals surface area contributed by atoms with Gasteiger partial charge in [-0.25, -0.2) is 4.39 Å². The zero-order chi connectivity index (χ0) is 17.8. The molecule has 0 saturated carbocycles. The molecule has 0 spiro atoms. The first kappa shape index (κ1) is 18.1. The van der Waals surface area contributed by atoms with Crippen LogP contribution in [0.1, 0.15) is 27.9 Å². The highest BCUT2D eigenvalue weighted by Gasteiger charge is 2.22. The third-order valence-corrected chi connectivity index (χ3v) is 5.35. The number of carbonyl (C=O) groups excluding carboxylic acids is 1. The number of nitrogens with zero attached hydrogens (tertiary/aromatic N) is 2. The Morgan fingerprint density at radius 2 is 1.92 bits per heavy atom. The molecule has 5 heteroatoms. The van der Waals surface area contributed by atoms with Gasteiger partial charge in [0.15, 0.2) is 0 Å². The maximum Gasteiger partial charge on any atom is 0.255 e. The Morgan fingerprint density at radius 1 is 1.12 bits per heavy atom. The van der Waals surface area contributed by atoms with Crippen molar-refractivity contribution in [3.05, 3.63) is 69.4 Å². The van der Waals surface area contributed by atoms with Crippen LogP contribution in [0.25, 0.3) is 0 Å². The molecule has 3 nitrogen and oxygen atoms in total. The van der Waals surface area contributed by atoms with Gasteiger partial charge in [0.05, 0.1) is 5.56 Å². The van der Waals surface area contributed by atoms with Crippen LogP contribution in [0, 0.1) is 12.7 Å². The summed E-state index contributed by atoms with van der Waals surface area (Å²) < 4.78 is 13.8. The monoisotopic (exact) mass is 404 g/mol. The zero-order valence-electron chi connectivity index (χ0n) is 14.3. The third-order valence-electron chi connectivity index (χ3n) is 4.69. The van der Waals surface area contributed by atoms with Gasteiger partial charge in [-0.1, -0.05) is 24.3 Å². The quantitative estimate of drug-likeness (QED) is 0.763. The van der Waals surface area contributed by atoms with Crippen molar-refractivity contribution < 1.29 is 9.18 Å². The van der Waals surface area contributed by atoms with Crippen LogP contribution in [-0.2, 0) is 6.54 Å². The molecule has 0 aromatic heterocycles. The van der Waals surface area contributed by atoms with Crippen molar-refractivity contribution in [3.8, 4) is 0 Å². The molecule has 1 amide bonds. The second kappa shape index (κ2) is 8.11. The van der Waals surface area contributed by atoms with Crippen LogP contribution in [0.5, 0.6) is 0 Å². The second-order valence-electron chi connectivity index (χ2n) is 6.47. The minimum atomic E-state index is -0.344. The molecular weight excluding hydrogens is 383 g/mol. The van der Waals surface area contributed by atoms with Gasteiger partial charge < -0.3 is 4.90 Å². The first-order valence-corrected chi connectivity index (χ1v) is 9.35. The van der Waals surface area contributed by atoms with E-state index in [0.29, 0.717) is 16.6 Å². The van der Waals surface area contributed by atoms with E-state index in [4.69, 9.17) is 0 Å². The van der Waals surface area contributed by atoms with Gasteiger partial charge in [-0.15, -0.1) is 0 Å². The van der Waals surface area contributed by atoms with E-state index in [1.165, 1.54) is 23.3 Å². The summed E-state index contributed by atoms with van der Waals surface area (Å²) in [5, 5.41) is 0. The van der Waals surface area contributed by atoms with Crippen molar-refractivity contribution >= 4 is 21.8 Å². The van der Waals surface area contributed by atoms with Crippen LogP contribution in [0.3, 0.4) is 0 Å². The van der Waals surface area contributed by atoms with E-state index >= 15 is 0 Å². The van der Waals surface area contributed by atoms with Gasteiger partial charge in [0.25, 0.3) is 5.91 Å². The maximum atomic E-state index is 13.2. The number of hydrogen-bond acceptors (Lipinski definition) is 2. The summed E-state index contributed by atoms with van der Waals surface area (Å²) >= 11 is 3.30. The topological polar surface area (TPSA) is 23.6 Å². The lowest BCUT2D eigenvalue weighted by molar-refractivity contribution is 0.0760. The number of rotatable bonds is 3. The fourth-order valence-electron chi connectivity index (χ4n) is 3.19. The number of benzene rings is 2. The maximum absolute atomic E-state index is 13.2. The Labute approximate surface area is 156 Å². The highest BCUT2D eigenvalue weighted by Crippen LogP contribution is 2.21. The van der Waals surface area contributed by atoms with Gasteiger partial charge >= 0.3 is 0 Å². The molecule has 1 aliphatic rings. The van der Waals surface area contributed by atoms with E-state index in [1.54, 1.807) is 6.07 Å². The van der Waals surface area contributed by atoms with Gasteiger partial charge in [-0.3, -0.25) is 9.69 Å². The molecule has 3 rings (SSSR count). The molecule has 132 valence electrons. The molecule has 1 fully saturated rings. The Morgan fingerprint density at radius 3 is 2.68 bits per heavy atom. The van der Waals surface area contributed by atoms with Gasteiger partial charge in [0.1, 0.15) is 5.82 Å². The third kappa shape index (κ3) is 4.47. The van der Waals surface area contributed by atoms with Crippen molar-refractivity contribution in [2.45, 2.75) is 19.9 Å². The number of carbonyl (C=O) groups is 1. The number of amides is 1. The smallest absolute Gasteiger partial charge is 0.255 e. The summed E-state index contributed by atoms with van der Waals surface area (Å²) in [7, 11) is 0. The highest BCUT2D eigenvalue weighted by atomic mass is 79.9. The molecule has 0 unspecified atom stereocenters. The highest BCUT2D eigenvalue weighted by molar-refractivity contribution is 9.10. The largest absolute Gasteiger partial charge is 0.337 e. The van der Waals surface area contributed by atoms with Crippen LogP contribution in [0.4, 0.5) is 4.39 Å². The van der Waals surface area contributed by atoms with Gasteiger partial charge in [-0.05, 0) is 58.6 Å². The van der Waals surface area contributed by atoms with Gasteiger partial charge in [-0.2, -0.15) is 0 Å². The predicted molar refractivity (Wildman–Crippen MR) is 101 cm³/mol. The second-order valence-corrected chi connectivity index (χ2v) is 7.33. The number of hydrogen-bond donors (Lipinski definition) is 0. The average Bonchev–Trinajstić information content (AvgIpc) is 2.82. The SMILES string of the molecule is Cc1ccccc1CN1CCCN(C(=O)c2ccc(F)cc2Br)CC1. The molecular formula is C20H22BrFN2O. The molecule has 1 aliphatic heterocycles. The summed E-state index contributed by atoms with van der Waals surface area (Å²) in [6.45, 7) is 6.28. The van der Waals surface area contributed by atoms with Gasteiger partial charge in [0.2, 0.25) is 0 Å². The van der Waals surface area contributed by atoms with Crippen LogP contribution in [0.2, 0.25) is 0 Å². The molecule has 0 N–H and O–H groups in total. The average molecular weight is 405 g/mol. The molecule has 0 atom stereocenters. The summed E-state index contributed by atoms with van der Waals surface area (Å²) in [6, 6.07) is 12.7. The molecule has 1 saturated heterocycles. The van der Waals surface area contributed by atoms with Crippen molar-refractivity contribution in [3.63, 3.8) is 0 Å². The van der Waals surface area contributed by atoms with Crippen molar-refractivity contribution in [1.29, 1.82) is 0 Å². The zero-order valence-corrected chi connectivity index (χ0v) is 15.9. The van der Waals surface area contributed by atoms with E-state index in [9.17, 15) is 9.18 Å². The lowest BCUT2D eigenvalue weighted by Crippen LogP contribution is -2.35. The Bertz CT molecular complexity index is 765. The van der Waals surface area contributed by atoms with Crippen molar-refractivity contribution in [1.82, 2.24) is 9.80 Å². The molecule has 0 bridgehead atoms. The molecule has 25 heavy (non-hydrogen) atoms. The lowest BCUT2D eigenvalue weighted by Gasteiger charge is -2.23. The van der Waals surface area contributed by atoms with Crippen LogP contribution in [0.15, 0.2) is 46.9 Å². The Kier molecular flexibility index (Phi) is 5.86. The lowest BCUT2D eigenvalue weighted by atomic mass is 10.1. The first-order chi connectivity index (χ1) is 12.0. The van der Waals surface area contributed by atoms with E-state index in [-0.39, 0.29) is 11.7 Å². The van der Waals surface area contributed by atoms with Gasteiger partial charge in [0, 0.05) is 37.2 Å². The Balaban J connectivity index is 1.65. The number of halogens is 2. The predicted octanol–water partition coefficient (Wildman–Crippen LogP) is 4.24. The minimum Gasteiger partial charge on any atom is -0.337 e. The normalized spacial score (nSPS) is 15.9. The van der Waals surface area contributed by atoms with Crippen LogP contribution >= 0.6 is 15.9 Å². The standard InChI is InChI=1S/C20H22BrFN2O/c1-15-5-2-3-6-16(15)14-23-9-4-10-24(12-11-23)20(25)18-8-7-17(22)13-19(18)21/h2-3,5-8,13H,4,9-12,14H2,1H3. The van der Waals surface area contributed by atoms with E-state index in [0.717, 1.165) is 32.6 Å². The molecule has 2 aromatic rings. The fraction of sp³-hybridized carbons (Fsp3) is 0.350. The van der Waals surface area contributed by atoms with Crippen molar-refractivity contribution in [2.24, 2.45) is 0 Å². The summed E-state index contributed by atoms with van der Waals surface area (Å²) in [5.74, 6) is -0.381.